The van der Waals surface area contributed by atoms with Crippen molar-refractivity contribution in [1.82, 2.24) is 14.5 Å². The van der Waals surface area contributed by atoms with Crippen LogP contribution >= 0.6 is 11.6 Å². The largest absolute Gasteiger partial charge is 0.480 e. The van der Waals surface area contributed by atoms with Crippen molar-refractivity contribution in [2.24, 2.45) is 0 Å². The third-order valence-electron chi connectivity index (χ3n) is 2.04. The van der Waals surface area contributed by atoms with Crippen LogP contribution < -0.4 is 0 Å². The van der Waals surface area contributed by atoms with E-state index in [0.717, 1.165) is 0 Å². The molecule has 0 aliphatic rings. The third kappa shape index (κ3) is 1.78. The molecule has 0 aromatic carbocycles. The van der Waals surface area contributed by atoms with Crippen molar-refractivity contribution in [1.29, 1.82) is 0 Å². The van der Waals surface area contributed by atoms with Crippen molar-refractivity contribution >= 4 is 28.7 Å². The number of pyridine rings is 1. The molecule has 0 radical (unpaired) electrons. The first-order valence-electron chi connectivity index (χ1n) is 4.28. The topological polar surface area (TPSA) is 68.0 Å². The van der Waals surface area contributed by atoms with Gasteiger partial charge in [0.25, 0.3) is 0 Å². The predicted octanol–water partition coefficient (Wildman–Crippen LogP) is 1.48. The molecule has 0 aliphatic carbocycles. The third-order valence-corrected chi connectivity index (χ3v) is 2.24. The number of aryl methyl sites for hydroxylation is 1. The Labute approximate surface area is 90.3 Å². The first kappa shape index (κ1) is 9.92. The van der Waals surface area contributed by atoms with Crippen LogP contribution in [0.15, 0.2) is 12.3 Å². The molecule has 2 rings (SSSR count). The van der Waals surface area contributed by atoms with Crippen LogP contribution in [-0.2, 0) is 11.3 Å². The molecule has 0 saturated heterocycles. The normalized spacial score (nSPS) is 10.8. The quantitative estimate of drug-likeness (QED) is 0.841. The lowest BCUT2D eigenvalue weighted by molar-refractivity contribution is -0.137. The van der Waals surface area contributed by atoms with Gasteiger partial charge in [0.1, 0.15) is 17.9 Å². The maximum atomic E-state index is 10.6. The number of carboxylic acids is 1. The summed E-state index contributed by atoms with van der Waals surface area (Å²) in [6, 6.07) is 1.66. The summed E-state index contributed by atoms with van der Waals surface area (Å²) < 4.78 is 1.54. The molecule has 2 aromatic rings. The van der Waals surface area contributed by atoms with Gasteiger partial charge in [0.05, 0.1) is 5.02 Å². The summed E-state index contributed by atoms with van der Waals surface area (Å²) in [5.41, 5.74) is 1.15. The van der Waals surface area contributed by atoms with E-state index in [1.54, 1.807) is 13.0 Å². The lowest BCUT2D eigenvalue weighted by atomic mass is 10.4. The highest BCUT2D eigenvalue weighted by Gasteiger charge is 2.11. The molecule has 0 atom stereocenters. The Hall–Kier alpha value is -1.62. The van der Waals surface area contributed by atoms with E-state index in [1.807, 2.05) is 0 Å². The van der Waals surface area contributed by atoms with Crippen molar-refractivity contribution < 1.29 is 9.90 Å². The number of aromatic nitrogens is 3. The molecule has 2 aromatic heterocycles. The molecule has 0 amide bonds. The van der Waals surface area contributed by atoms with E-state index in [1.165, 1.54) is 10.8 Å². The van der Waals surface area contributed by atoms with Crippen LogP contribution in [0, 0.1) is 6.92 Å². The lowest BCUT2D eigenvalue weighted by Gasteiger charge is -2.00. The number of imidazole rings is 1. The van der Waals surface area contributed by atoms with Gasteiger partial charge in [-0.15, -0.1) is 0 Å². The average molecular weight is 226 g/mol. The summed E-state index contributed by atoms with van der Waals surface area (Å²) in [7, 11) is 0. The summed E-state index contributed by atoms with van der Waals surface area (Å²) in [4.78, 5) is 18.9. The fraction of sp³-hybridized carbons (Fsp3) is 0.222. The van der Waals surface area contributed by atoms with Gasteiger partial charge in [-0.05, 0) is 13.0 Å². The highest BCUT2D eigenvalue weighted by molar-refractivity contribution is 6.31. The maximum Gasteiger partial charge on any atom is 0.323 e. The van der Waals surface area contributed by atoms with Gasteiger partial charge in [0.15, 0.2) is 5.65 Å². The fourth-order valence-corrected chi connectivity index (χ4v) is 1.58. The molecule has 78 valence electrons. The van der Waals surface area contributed by atoms with Crippen LogP contribution in [0.1, 0.15) is 5.82 Å². The minimum absolute atomic E-state index is 0.142. The van der Waals surface area contributed by atoms with Crippen LogP contribution in [0.2, 0.25) is 5.02 Å². The Kier molecular flexibility index (Phi) is 2.32. The van der Waals surface area contributed by atoms with Gasteiger partial charge >= 0.3 is 5.97 Å². The number of fused-ring (bicyclic) bond motifs is 1. The van der Waals surface area contributed by atoms with E-state index >= 15 is 0 Å². The summed E-state index contributed by atoms with van der Waals surface area (Å²) in [6.45, 7) is 1.59. The zero-order valence-electron chi connectivity index (χ0n) is 7.94. The molecular weight excluding hydrogens is 218 g/mol. The van der Waals surface area contributed by atoms with Crippen molar-refractivity contribution in [3.05, 3.63) is 23.1 Å². The van der Waals surface area contributed by atoms with E-state index < -0.39 is 5.97 Å². The molecule has 6 heteroatoms. The van der Waals surface area contributed by atoms with Crippen LogP contribution in [0.3, 0.4) is 0 Å². The van der Waals surface area contributed by atoms with Gasteiger partial charge in [-0.3, -0.25) is 4.79 Å². The van der Waals surface area contributed by atoms with Gasteiger partial charge in [0, 0.05) is 6.20 Å². The monoisotopic (exact) mass is 225 g/mol. The molecule has 0 fully saturated rings. The molecule has 0 bridgehead atoms. The summed E-state index contributed by atoms with van der Waals surface area (Å²) in [5, 5.41) is 9.21. The Morgan fingerprint density at radius 2 is 2.40 bits per heavy atom. The number of hydrogen-bond donors (Lipinski definition) is 1. The number of nitrogens with zero attached hydrogens (tertiary/aromatic N) is 3. The van der Waals surface area contributed by atoms with E-state index in [0.29, 0.717) is 22.0 Å². The molecule has 0 unspecified atom stereocenters. The summed E-state index contributed by atoms with van der Waals surface area (Å²) in [6.07, 6.45) is 1.48. The first-order valence-corrected chi connectivity index (χ1v) is 4.66. The Morgan fingerprint density at radius 3 is 3.07 bits per heavy atom. The van der Waals surface area contributed by atoms with Crippen LogP contribution in [0.25, 0.3) is 11.2 Å². The molecule has 15 heavy (non-hydrogen) atoms. The number of carboxylic acid groups (broad SMARTS) is 1. The van der Waals surface area contributed by atoms with Gasteiger partial charge in [-0.1, -0.05) is 11.6 Å². The van der Waals surface area contributed by atoms with Gasteiger partial charge in [0.2, 0.25) is 0 Å². The average Bonchev–Trinajstić information content (AvgIpc) is 2.41. The highest BCUT2D eigenvalue weighted by Crippen LogP contribution is 2.17. The lowest BCUT2D eigenvalue weighted by Crippen LogP contribution is -2.10. The van der Waals surface area contributed by atoms with Crippen molar-refractivity contribution in [2.75, 3.05) is 0 Å². The zero-order chi connectivity index (χ0) is 11.0. The van der Waals surface area contributed by atoms with Crippen LogP contribution in [-0.4, -0.2) is 25.6 Å². The molecule has 0 aliphatic heterocycles. The van der Waals surface area contributed by atoms with Gasteiger partial charge < -0.3 is 9.67 Å². The molecule has 2 heterocycles. The zero-order valence-corrected chi connectivity index (χ0v) is 8.69. The van der Waals surface area contributed by atoms with Crippen LogP contribution in [0.5, 0.6) is 0 Å². The number of aliphatic carboxylic acids is 1. The molecule has 5 nitrogen and oxygen atoms in total. The maximum absolute atomic E-state index is 10.6. The van der Waals surface area contributed by atoms with E-state index in [-0.39, 0.29) is 6.54 Å². The van der Waals surface area contributed by atoms with Crippen LogP contribution in [0.4, 0.5) is 0 Å². The van der Waals surface area contributed by atoms with Gasteiger partial charge in [-0.2, -0.15) is 0 Å². The number of hydrogen-bond acceptors (Lipinski definition) is 3. The minimum Gasteiger partial charge on any atom is -0.480 e. The fourth-order valence-electron chi connectivity index (χ4n) is 1.42. The molecule has 0 saturated carbocycles. The van der Waals surface area contributed by atoms with E-state index in [9.17, 15) is 4.79 Å². The van der Waals surface area contributed by atoms with Gasteiger partial charge in [-0.25, -0.2) is 9.97 Å². The van der Waals surface area contributed by atoms with Crippen molar-refractivity contribution in [2.45, 2.75) is 13.5 Å². The Morgan fingerprint density at radius 1 is 1.67 bits per heavy atom. The van der Waals surface area contributed by atoms with Crippen molar-refractivity contribution in [3.63, 3.8) is 0 Å². The van der Waals surface area contributed by atoms with E-state index in [4.69, 9.17) is 16.7 Å². The number of rotatable bonds is 2. The highest BCUT2D eigenvalue weighted by atomic mass is 35.5. The summed E-state index contributed by atoms with van der Waals surface area (Å²) in [5.74, 6) is -0.309. The SMILES string of the molecule is Cc1nc2cc(Cl)cnc2n1CC(=O)O. The first-order chi connectivity index (χ1) is 7.08. The molecule has 0 spiro atoms. The number of carbonyl (C=O) groups is 1. The second-order valence-electron chi connectivity index (χ2n) is 3.14. The second-order valence-corrected chi connectivity index (χ2v) is 3.57. The standard InChI is InChI=1S/C9H8ClN3O2/c1-5-12-7-2-6(10)3-11-9(7)13(5)4-8(14)15/h2-3H,4H2,1H3,(H,14,15). The second kappa shape index (κ2) is 3.51. The minimum atomic E-state index is -0.922. The molecular formula is C9H8ClN3O2. The predicted molar refractivity (Wildman–Crippen MR) is 54.9 cm³/mol. The van der Waals surface area contributed by atoms with E-state index in [2.05, 4.69) is 9.97 Å². The van der Waals surface area contributed by atoms with Crippen molar-refractivity contribution in [3.8, 4) is 0 Å². The smallest absolute Gasteiger partial charge is 0.323 e. The Bertz CT molecular complexity index is 535. The Balaban J connectivity index is 2.63. The number of halogens is 1. The molecule has 1 N–H and O–H groups in total. The summed E-state index contributed by atoms with van der Waals surface area (Å²) >= 11 is 5.76.